The van der Waals surface area contributed by atoms with Gasteiger partial charge in [0.15, 0.2) is 0 Å². The van der Waals surface area contributed by atoms with Crippen LogP contribution in [0.5, 0.6) is 5.75 Å². The second kappa shape index (κ2) is 5.37. The Morgan fingerprint density at radius 2 is 2.10 bits per heavy atom. The van der Waals surface area contributed by atoms with Crippen LogP contribution in [0.15, 0.2) is 41.2 Å². The molecule has 3 aromatic rings. The lowest BCUT2D eigenvalue weighted by Gasteiger charge is -2.06. The van der Waals surface area contributed by atoms with E-state index >= 15 is 0 Å². The van der Waals surface area contributed by atoms with E-state index in [1.807, 2.05) is 19.2 Å². The number of phenolic OH excluding ortho intramolecular Hbond substituents is 1. The fraction of sp³-hybridized carbons (Fsp3) is 0.214. The molecule has 108 valence electrons. The topological polar surface area (TPSA) is 103 Å². The predicted octanol–water partition coefficient (Wildman–Crippen LogP) is 1.42. The van der Waals surface area contributed by atoms with Crippen molar-refractivity contribution >= 4 is 0 Å². The Bertz CT molecular complexity index is 732. The number of hydrogen-bond donors (Lipinski definition) is 2. The molecule has 0 saturated carbocycles. The summed E-state index contributed by atoms with van der Waals surface area (Å²) in [4.78, 5) is 4.30. The van der Waals surface area contributed by atoms with Crippen molar-refractivity contribution in [2.24, 2.45) is 12.8 Å². The van der Waals surface area contributed by atoms with Gasteiger partial charge in [0.25, 0.3) is 0 Å². The van der Waals surface area contributed by atoms with E-state index in [1.54, 1.807) is 29.2 Å². The van der Waals surface area contributed by atoms with Gasteiger partial charge in [-0.15, -0.1) is 0 Å². The molecule has 2 heterocycles. The highest BCUT2D eigenvalue weighted by atomic mass is 16.5. The van der Waals surface area contributed by atoms with E-state index in [0.29, 0.717) is 18.1 Å². The first-order chi connectivity index (χ1) is 10.1. The predicted molar refractivity (Wildman–Crippen MR) is 75.2 cm³/mol. The number of rotatable bonds is 4. The van der Waals surface area contributed by atoms with E-state index in [-0.39, 0.29) is 5.75 Å². The molecule has 0 spiro atoms. The maximum atomic E-state index is 9.26. The van der Waals surface area contributed by atoms with Gasteiger partial charge >= 0.3 is 0 Å². The van der Waals surface area contributed by atoms with Crippen molar-refractivity contribution in [1.29, 1.82) is 0 Å². The van der Waals surface area contributed by atoms with Crippen molar-refractivity contribution in [3.8, 4) is 17.1 Å². The van der Waals surface area contributed by atoms with Crippen LogP contribution in [0.1, 0.15) is 17.5 Å². The summed E-state index contributed by atoms with van der Waals surface area (Å²) in [6.45, 7) is 0. The summed E-state index contributed by atoms with van der Waals surface area (Å²) in [5, 5.41) is 17.2. The Labute approximate surface area is 121 Å². The van der Waals surface area contributed by atoms with Gasteiger partial charge in [-0.05, 0) is 24.1 Å². The first-order valence-corrected chi connectivity index (χ1v) is 6.48. The summed E-state index contributed by atoms with van der Waals surface area (Å²) >= 11 is 0. The molecule has 0 amide bonds. The standard InChI is InChI=1S/C14H15N5O2/c1-19-8-10(7-16-19)13-17-14(21-18-13)12(15)6-9-2-4-11(20)5-3-9/h2-5,7-8,12,20H,6,15H2,1H3/t12-/m1/s1. The Hall–Kier alpha value is -2.67. The molecule has 7 nitrogen and oxygen atoms in total. The molecular weight excluding hydrogens is 270 g/mol. The third-order valence-corrected chi connectivity index (χ3v) is 3.11. The number of aromatic nitrogens is 4. The minimum absolute atomic E-state index is 0.226. The molecule has 1 aromatic carbocycles. The number of nitrogens with zero attached hydrogens (tertiary/aromatic N) is 4. The number of hydrogen-bond acceptors (Lipinski definition) is 6. The van der Waals surface area contributed by atoms with Crippen LogP contribution in [-0.2, 0) is 13.5 Å². The second-order valence-corrected chi connectivity index (χ2v) is 4.84. The molecule has 0 aliphatic carbocycles. The number of aryl methyl sites for hydroxylation is 1. The van der Waals surface area contributed by atoms with Gasteiger partial charge in [-0.3, -0.25) is 4.68 Å². The molecule has 0 saturated heterocycles. The summed E-state index contributed by atoms with van der Waals surface area (Å²) in [5.41, 5.74) is 7.85. The molecule has 0 radical (unpaired) electrons. The fourth-order valence-electron chi connectivity index (χ4n) is 2.01. The van der Waals surface area contributed by atoms with Crippen LogP contribution in [0.2, 0.25) is 0 Å². The molecule has 0 aliphatic heterocycles. The lowest BCUT2D eigenvalue weighted by Crippen LogP contribution is -2.13. The summed E-state index contributed by atoms with van der Waals surface area (Å²) < 4.78 is 6.88. The summed E-state index contributed by atoms with van der Waals surface area (Å²) in [5.74, 6) is 1.07. The highest BCUT2D eigenvalue weighted by Gasteiger charge is 2.17. The maximum absolute atomic E-state index is 9.26. The molecule has 0 aliphatic rings. The zero-order valence-electron chi connectivity index (χ0n) is 11.5. The normalized spacial score (nSPS) is 12.5. The SMILES string of the molecule is Cn1cc(-c2noc([C@H](N)Cc3ccc(O)cc3)n2)cn1. The molecule has 0 fully saturated rings. The zero-order valence-corrected chi connectivity index (χ0v) is 11.5. The van der Waals surface area contributed by atoms with Crippen molar-refractivity contribution in [3.05, 3.63) is 48.1 Å². The smallest absolute Gasteiger partial charge is 0.244 e. The van der Waals surface area contributed by atoms with Gasteiger partial charge < -0.3 is 15.4 Å². The van der Waals surface area contributed by atoms with Crippen LogP contribution < -0.4 is 5.73 Å². The number of phenols is 1. The van der Waals surface area contributed by atoms with Crippen molar-refractivity contribution in [3.63, 3.8) is 0 Å². The molecule has 1 atom stereocenters. The van der Waals surface area contributed by atoms with Gasteiger partial charge in [-0.1, -0.05) is 17.3 Å². The van der Waals surface area contributed by atoms with Crippen molar-refractivity contribution < 1.29 is 9.63 Å². The average molecular weight is 285 g/mol. The minimum atomic E-state index is -0.396. The first-order valence-electron chi connectivity index (χ1n) is 6.48. The van der Waals surface area contributed by atoms with Crippen molar-refractivity contribution in [2.45, 2.75) is 12.5 Å². The monoisotopic (exact) mass is 285 g/mol. The average Bonchev–Trinajstić information content (AvgIpc) is 3.10. The van der Waals surface area contributed by atoms with E-state index in [1.165, 1.54) is 0 Å². The maximum Gasteiger partial charge on any atom is 0.244 e. The Kier molecular flexibility index (Phi) is 3.41. The summed E-state index contributed by atoms with van der Waals surface area (Å²) in [6, 6.07) is 6.47. The molecule has 7 heteroatoms. The molecule has 0 unspecified atom stereocenters. The number of nitrogens with two attached hydrogens (primary N) is 1. The van der Waals surface area contributed by atoms with Crippen LogP contribution >= 0.6 is 0 Å². The highest BCUT2D eigenvalue weighted by Crippen LogP contribution is 2.20. The summed E-state index contributed by atoms with van der Waals surface area (Å²) in [7, 11) is 1.82. The number of aromatic hydroxyl groups is 1. The van der Waals surface area contributed by atoms with Gasteiger partial charge in [0.2, 0.25) is 11.7 Å². The van der Waals surface area contributed by atoms with Crippen LogP contribution in [0.25, 0.3) is 11.4 Å². The van der Waals surface area contributed by atoms with Gasteiger partial charge in [-0.25, -0.2) is 0 Å². The molecule has 2 aromatic heterocycles. The van der Waals surface area contributed by atoms with E-state index in [4.69, 9.17) is 10.3 Å². The first kappa shape index (κ1) is 13.3. The number of benzene rings is 1. The van der Waals surface area contributed by atoms with Gasteiger partial charge in [0.1, 0.15) is 5.75 Å². The Balaban J connectivity index is 1.74. The Morgan fingerprint density at radius 1 is 1.33 bits per heavy atom. The molecule has 21 heavy (non-hydrogen) atoms. The Morgan fingerprint density at radius 3 is 2.76 bits per heavy atom. The van der Waals surface area contributed by atoms with Crippen LogP contribution in [-0.4, -0.2) is 25.0 Å². The van der Waals surface area contributed by atoms with Crippen LogP contribution in [0, 0.1) is 0 Å². The quantitative estimate of drug-likeness (QED) is 0.751. The van der Waals surface area contributed by atoms with Crippen LogP contribution in [0.3, 0.4) is 0 Å². The molecule has 3 rings (SSSR count). The van der Waals surface area contributed by atoms with Gasteiger partial charge in [-0.2, -0.15) is 10.1 Å². The minimum Gasteiger partial charge on any atom is -0.508 e. The largest absolute Gasteiger partial charge is 0.508 e. The summed E-state index contributed by atoms with van der Waals surface area (Å²) in [6.07, 6.45) is 4.02. The molecule has 3 N–H and O–H groups in total. The van der Waals surface area contributed by atoms with Gasteiger partial charge in [0, 0.05) is 13.2 Å². The van der Waals surface area contributed by atoms with Crippen molar-refractivity contribution in [2.75, 3.05) is 0 Å². The van der Waals surface area contributed by atoms with E-state index in [2.05, 4.69) is 15.2 Å². The van der Waals surface area contributed by atoms with E-state index < -0.39 is 6.04 Å². The van der Waals surface area contributed by atoms with Crippen LogP contribution in [0.4, 0.5) is 0 Å². The van der Waals surface area contributed by atoms with Crippen molar-refractivity contribution in [1.82, 2.24) is 19.9 Å². The lowest BCUT2D eigenvalue weighted by atomic mass is 10.1. The second-order valence-electron chi connectivity index (χ2n) is 4.84. The molecular formula is C14H15N5O2. The highest BCUT2D eigenvalue weighted by molar-refractivity contribution is 5.51. The molecule has 0 bridgehead atoms. The zero-order chi connectivity index (χ0) is 14.8. The van der Waals surface area contributed by atoms with Gasteiger partial charge in [0.05, 0.1) is 17.8 Å². The third kappa shape index (κ3) is 2.92. The fourth-order valence-corrected chi connectivity index (χ4v) is 2.01. The lowest BCUT2D eigenvalue weighted by molar-refractivity contribution is 0.354. The van der Waals surface area contributed by atoms with E-state index in [0.717, 1.165) is 11.1 Å². The third-order valence-electron chi connectivity index (χ3n) is 3.11. The van der Waals surface area contributed by atoms with E-state index in [9.17, 15) is 5.11 Å².